The number of carbonyl (C=O) groups is 1. The highest BCUT2D eigenvalue weighted by molar-refractivity contribution is 5.99. The summed E-state index contributed by atoms with van der Waals surface area (Å²) in [4.78, 5) is 34.4. The van der Waals surface area contributed by atoms with Crippen LogP contribution < -0.4 is 30.7 Å². The van der Waals surface area contributed by atoms with Crippen molar-refractivity contribution < 1.29 is 14.3 Å². The summed E-state index contributed by atoms with van der Waals surface area (Å²) in [6.45, 7) is 6.98. The van der Waals surface area contributed by atoms with Gasteiger partial charge in [-0.25, -0.2) is 4.79 Å². The molecule has 0 aliphatic carbocycles. The van der Waals surface area contributed by atoms with Crippen molar-refractivity contribution in [3.8, 4) is 11.4 Å². The number of urea groups is 1. The zero-order valence-electron chi connectivity index (χ0n) is 23.4. The molecule has 3 N–H and O–H groups in total. The maximum Gasteiger partial charge on any atom is 0.323 e. The van der Waals surface area contributed by atoms with Crippen molar-refractivity contribution in [2.75, 3.05) is 77.8 Å². The summed E-state index contributed by atoms with van der Waals surface area (Å²) in [5.74, 6) is 2.04. The second-order valence-corrected chi connectivity index (χ2v) is 11.7. The van der Waals surface area contributed by atoms with E-state index in [0.29, 0.717) is 48.7 Å². The van der Waals surface area contributed by atoms with Gasteiger partial charge in [0.05, 0.1) is 37.5 Å². The molecule has 0 spiro atoms. The Kier molecular flexibility index (Phi) is 6.53. The Hall–Kier alpha value is -4.00. The lowest BCUT2D eigenvalue weighted by Gasteiger charge is -2.30. The van der Waals surface area contributed by atoms with Crippen molar-refractivity contribution in [1.82, 2.24) is 20.3 Å². The number of carbonyl (C=O) groups excluding carboxylic acids is 1. The van der Waals surface area contributed by atoms with Gasteiger partial charge in [0.2, 0.25) is 11.9 Å². The number of hydrogen-bond donors (Lipinski definition) is 3. The maximum atomic E-state index is 12.7. The first-order valence-electron chi connectivity index (χ1n) is 14.9. The number of fused-ring (bicyclic) bond motifs is 4. The van der Waals surface area contributed by atoms with Crippen molar-refractivity contribution in [3.63, 3.8) is 0 Å². The zero-order valence-corrected chi connectivity index (χ0v) is 23.4. The van der Waals surface area contributed by atoms with Gasteiger partial charge in [-0.3, -0.25) is 0 Å². The van der Waals surface area contributed by atoms with Gasteiger partial charge in [-0.05, 0) is 61.4 Å². The second-order valence-electron chi connectivity index (χ2n) is 11.7. The fourth-order valence-electron chi connectivity index (χ4n) is 6.70. The molecule has 12 heteroatoms. The number of benzene rings is 2. The van der Waals surface area contributed by atoms with Crippen LogP contribution in [0.4, 0.5) is 33.8 Å². The van der Waals surface area contributed by atoms with E-state index in [-0.39, 0.29) is 18.2 Å². The predicted molar refractivity (Wildman–Crippen MR) is 160 cm³/mol. The van der Waals surface area contributed by atoms with Crippen LogP contribution >= 0.6 is 0 Å². The van der Waals surface area contributed by atoms with Gasteiger partial charge >= 0.3 is 6.03 Å². The molecule has 0 saturated carbocycles. The highest BCUT2D eigenvalue weighted by atomic mass is 16.5. The molecule has 4 bridgehead atoms. The van der Waals surface area contributed by atoms with Gasteiger partial charge in [-0.15, -0.1) is 0 Å². The second kappa shape index (κ2) is 10.7. The topological polar surface area (TPSA) is 120 Å². The Morgan fingerprint density at radius 1 is 0.762 bits per heavy atom. The average Bonchev–Trinajstić information content (AvgIpc) is 3.85. The molecule has 2 aromatic carbocycles. The van der Waals surface area contributed by atoms with Crippen LogP contribution in [0.15, 0.2) is 48.5 Å². The Labute approximate surface area is 244 Å². The number of amides is 2. The molecule has 5 saturated heterocycles. The number of hydrogen-bond acceptors (Lipinski definition) is 10. The summed E-state index contributed by atoms with van der Waals surface area (Å²) in [6, 6.07) is 15.9. The Morgan fingerprint density at radius 3 is 1.81 bits per heavy atom. The Balaban J connectivity index is 0.971. The molecule has 3 unspecified atom stereocenters. The molecule has 8 rings (SSSR count). The molecule has 5 fully saturated rings. The lowest BCUT2D eigenvalue weighted by atomic mass is 10.2. The van der Waals surface area contributed by atoms with Crippen LogP contribution in [0, 0.1) is 0 Å². The molecule has 4 atom stereocenters. The molecule has 12 nitrogen and oxygen atoms in total. The van der Waals surface area contributed by atoms with Crippen molar-refractivity contribution in [1.29, 1.82) is 0 Å². The molecule has 2 amide bonds. The number of morpholine rings is 2. The van der Waals surface area contributed by atoms with Crippen molar-refractivity contribution >= 4 is 35.0 Å². The molecule has 6 heterocycles. The molecular weight excluding hydrogens is 534 g/mol. The fourth-order valence-corrected chi connectivity index (χ4v) is 6.70. The summed E-state index contributed by atoms with van der Waals surface area (Å²) in [5.41, 5.74) is 3.47. The number of nitrogens with zero attached hydrogens (tertiary/aromatic N) is 6. The van der Waals surface area contributed by atoms with E-state index in [1.165, 1.54) is 5.69 Å². The summed E-state index contributed by atoms with van der Waals surface area (Å²) >= 11 is 0. The van der Waals surface area contributed by atoms with Gasteiger partial charge in [0.15, 0.2) is 5.82 Å². The van der Waals surface area contributed by atoms with Crippen LogP contribution in [0.3, 0.4) is 0 Å². The first kappa shape index (κ1) is 25.7. The summed E-state index contributed by atoms with van der Waals surface area (Å²) < 4.78 is 11.6. The highest BCUT2D eigenvalue weighted by Crippen LogP contribution is 2.35. The fraction of sp³-hybridized carbons (Fsp3) is 0.467. The maximum absolute atomic E-state index is 12.7. The third kappa shape index (κ3) is 4.99. The van der Waals surface area contributed by atoms with Crippen molar-refractivity contribution in [2.45, 2.75) is 37.1 Å². The SMILES string of the molecule is O=C(Nc1ccc(-c2nc(N3CC4CC3CO4)nc(N3C[C@@H]4CC3CO4)n2)cc1)Nc1ccc(N2CCNCC2)cc1. The van der Waals surface area contributed by atoms with Gasteiger partial charge in [-0.1, -0.05) is 0 Å². The summed E-state index contributed by atoms with van der Waals surface area (Å²) in [5, 5.41) is 9.22. The third-order valence-corrected chi connectivity index (χ3v) is 8.93. The summed E-state index contributed by atoms with van der Waals surface area (Å²) in [7, 11) is 0. The summed E-state index contributed by atoms with van der Waals surface area (Å²) in [6.07, 6.45) is 2.52. The van der Waals surface area contributed by atoms with Crippen LogP contribution in [0.1, 0.15) is 12.8 Å². The van der Waals surface area contributed by atoms with Crippen LogP contribution in [-0.2, 0) is 9.47 Å². The third-order valence-electron chi connectivity index (χ3n) is 8.93. The van der Waals surface area contributed by atoms with Gasteiger partial charge in [0.25, 0.3) is 0 Å². The average molecular weight is 570 g/mol. The lowest BCUT2D eigenvalue weighted by Crippen LogP contribution is -2.43. The standard InChI is InChI=1S/C30H35N9O3/c40-30(33-21-5-7-22(8-6-21)37-11-9-31-10-12-37)32-20-3-1-19(2-4-20)27-34-28(38-15-25-13-23(38)17-41-25)36-29(35-27)39-16-26-14-24(39)18-42-26/h1-8,23-26,31H,9-18H2,(H2,32,33,40)/t23?,24?,25-,26?/m0/s1. The van der Waals surface area contributed by atoms with Crippen molar-refractivity contribution in [3.05, 3.63) is 48.5 Å². The Bertz CT molecular complexity index is 1400. The number of nitrogens with one attached hydrogen (secondary N) is 3. The quantitative estimate of drug-likeness (QED) is 0.409. The number of rotatable bonds is 6. The normalized spacial score (nSPS) is 26.2. The smallest absolute Gasteiger partial charge is 0.323 e. The van der Waals surface area contributed by atoms with E-state index in [4.69, 9.17) is 24.4 Å². The molecular formula is C30H35N9O3. The molecule has 42 heavy (non-hydrogen) atoms. The van der Waals surface area contributed by atoms with Gasteiger partial charge in [0, 0.05) is 61.9 Å². The van der Waals surface area contributed by atoms with E-state index < -0.39 is 0 Å². The first-order chi connectivity index (χ1) is 20.6. The Morgan fingerprint density at radius 2 is 1.31 bits per heavy atom. The van der Waals surface area contributed by atoms with E-state index in [0.717, 1.165) is 63.4 Å². The number of anilines is 5. The van der Waals surface area contributed by atoms with E-state index >= 15 is 0 Å². The molecule has 5 aliphatic rings. The molecule has 3 aromatic rings. The lowest BCUT2D eigenvalue weighted by molar-refractivity contribution is 0.0980. The molecule has 5 aliphatic heterocycles. The minimum atomic E-state index is -0.292. The molecule has 1 aromatic heterocycles. The van der Waals surface area contributed by atoms with E-state index in [2.05, 4.69) is 30.7 Å². The van der Waals surface area contributed by atoms with E-state index in [1.54, 1.807) is 0 Å². The monoisotopic (exact) mass is 569 g/mol. The zero-order chi connectivity index (χ0) is 28.0. The largest absolute Gasteiger partial charge is 0.374 e. The minimum absolute atomic E-state index is 0.247. The van der Waals surface area contributed by atoms with Crippen LogP contribution in [-0.4, -0.2) is 97.8 Å². The number of ether oxygens (including phenoxy) is 2. The van der Waals surface area contributed by atoms with Crippen LogP contribution in [0.5, 0.6) is 0 Å². The molecule has 218 valence electrons. The minimum Gasteiger partial charge on any atom is -0.374 e. The van der Waals surface area contributed by atoms with E-state index in [9.17, 15) is 4.79 Å². The number of aromatic nitrogens is 3. The van der Waals surface area contributed by atoms with Gasteiger partial charge < -0.3 is 40.1 Å². The number of piperazine rings is 1. The first-order valence-corrected chi connectivity index (χ1v) is 14.9. The molecule has 0 radical (unpaired) electrons. The van der Waals surface area contributed by atoms with Gasteiger partial charge in [-0.2, -0.15) is 15.0 Å². The highest BCUT2D eigenvalue weighted by Gasteiger charge is 2.43. The predicted octanol–water partition coefficient (Wildman–Crippen LogP) is 2.55. The van der Waals surface area contributed by atoms with Crippen LogP contribution in [0.2, 0.25) is 0 Å². The van der Waals surface area contributed by atoms with Crippen LogP contribution in [0.25, 0.3) is 11.4 Å². The van der Waals surface area contributed by atoms with Gasteiger partial charge in [0.1, 0.15) is 0 Å². The van der Waals surface area contributed by atoms with Crippen molar-refractivity contribution in [2.24, 2.45) is 0 Å². The van der Waals surface area contributed by atoms with E-state index in [1.807, 2.05) is 48.5 Å².